The van der Waals surface area contributed by atoms with Gasteiger partial charge in [0.05, 0.1) is 16.5 Å². The first kappa shape index (κ1) is 10.6. The van der Waals surface area contributed by atoms with Gasteiger partial charge in [-0.25, -0.2) is 4.98 Å². The highest BCUT2D eigenvalue weighted by molar-refractivity contribution is 7.85. The lowest BCUT2D eigenvalue weighted by Gasteiger charge is -2.21. The topological polar surface area (TPSA) is 65.2 Å². The number of hydrogen-bond acceptors (Lipinski definition) is 4. The molecule has 1 aromatic heterocycles. The van der Waals surface area contributed by atoms with Crippen LogP contribution in [0.4, 0.5) is 5.69 Å². The molecule has 1 fully saturated rings. The molecule has 1 aromatic rings. The van der Waals surface area contributed by atoms with Crippen LogP contribution in [0, 0.1) is 0 Å². The Labute approximate surface area is 91.3 Å². The molecular weight excluding hydrogens is 212 g/mol. The number of anilines is 1. The molecule has 0 saturated carbocycles. The van der Waals surface area contributed by atoms with E-state index >= 15 is 0 Å². The molecule has 1 atom stereocenters. The summed E-state index contributed by atoms with van der Waals surface area (Å²) in [6.45, 7) is 1.37. The molecule has 4 nitrogen and oxygen atoms in total. The zero-order valence-electron chi connectivity index (χ0n) is 8.39. The summed E-state index contributed by atoms with van der Waals surface area (Å²) in [5.74, 6) is 0. The average Bonchev–Trinajstić information content (AvgIpc) is 2.30. The van der Waals surface area contributed by atoms with Gasteiger partial charge in [-0.2, -0.15) is 0 Å². The zero-order chi connectivity index (χ0) is 10.7. The first-order valence-electron chi connectivity index (χ1n) is 4.98. The minimum Gasteiger partial charge on any atom is -0.396 e. The van der Waals surface area contributed by atoms with Crippen molar-refractivity contribution in [2.24, 2.45) is 0 Å². The number of nitrogens with zero attached hydrogens (tertiary/aromatic N) is 1. The highest BCUT2D eigenvalue weighted by Crippen LogP contribution is 2.21. The van der Waals surface area contributed by atoms with E-state index in [1.165, 1.54) is 0 Å². The van der Waals surface area contributed by atoms with Crippen LogP contribution in [0.3, 0.4) is 0 Å². The van der Waals surface area contributed by atoms with Crippen molar-refractivity contribution in [3.05, 3.63) is 18.3 Å². The lowest BCUT2D eigenvalue weighted by Crippen LogP contribution is -2.25. The maximum Gasteiger partial charge on any atom is 0.150 e. The van der Waals surface area contributed by atoms with Gasteiger partial charge in [-0.3, -0.25) is 4.21 Å². The van der Waals surface area contributed by atoms with Crippen LogP contribution in [0.5, 0.6) is 0 Å². The predicted molar refractivity (Wildman–Crippen MR) is 58.9 cm³/mol. The summed E-state index contributed by atoms with van der Waals surface area (Å²) >= 11 is 0. The fourth-order valence-electron chi connectivity index (χ4n) is 1.62. The van der Waals surface area contributed by atoms with Gasteiger partial charge in [0.25, 0.3) is 0 Å². The van der Waals surface area contributed by atoms with Crippen LogP contribution in [0.15, 0.2) is 23.4 Å². The average molecular weight is 226 g/mol. The molecule has 0 bridgehead atoms. The molecule has 0 radical (unpaired) electrons. The lowest BCUT2D eigenvalue weighted by molar-refractivity contribution is 0.0992. The Bertz CT molecular complexity index is 364. The summed E-state index contributed by atoms with van der Waals surface area (Å²) in [6.07, 6.45) is 3.27. The van der Waals surface area contributed by atoms with Gasteiger partial charge in [0, 0.05) is 24.7 Å². The van der Waals surface area contributed by atoms with Crippen molar-refractivity contribution in [1.82, 2.24) is 4.98 Å². The second-order valence-electron chi connectivity index (χ2n) is 3.51. The smallest absolute Gasteiger partial charge is 0.150 e. The largest absolute Gasteiger partial charge is 0.396 e. The van der Waals surface area contributed by atoms with E-state index in [-0.39, 0.29) is 5.25 Å². The Balaban J connectivity index is 2.16. The minimum absolute atomic E-state index is 0.135. The zero-order valence-corrected chi connectivity index (χ0v) is 9.20. The molecule has 1 saturated heterocycles. The summed E-state index contributed by atoms with van der Waals surface area (Å²) in [4.78, 5) is 4.09. The fourth-order valence-corrected chi connectivity index (χ4v) is 3.02. The van der Waals surface area contributed by atoms with Gasteiger partial charge in [-0.05, 0) is 25.0 Å². The van der Waals surface area contributed by atoms with Crippen molar-refractivity contribution < 1.29 is 8.95 Å². The predicted octanol–water partition coefficient (Wildman–Crippen LogP) is 0.950. The molecule has 2 heterocycles. The maximum absolute atomic E-state index is 12.1. The molecule has 0 amide bonds. The number of rotatable bonds is 2. The van der Waals surface area contributed by atoms with Crippen LogP contribution in [-0.2, 0) is 15.5 Å². The van der Waals surface area contributed by atoms with Crippen molar-refractivity contribution in [1.29, 1.82) is 0 Å². The quantitative estimate of drug-likeness (QED) is 0.815. The molecule has 0 aromatic carbocycles. The standard InChI is InChI=1S/C10H14N2O2S/c11-9-2-1-5-12-10(9)15(13)8-3-6-14-7-4-8/h1-2,5,8H,3-4,6-7,11H2. The minimum atomic E-state index is -1.10. The summed E-state index contributed by atoms with van der Waals surface area (Å²) in [5.41, 5.74) is 6.26. The summed E-state index contributed by atoms with van der Waals surface area (Å²) in [6, 6.07) is 3.49. The maximum atomic E-state index is 12.1. The molecule has 2 N–H and O–H groups in total. The molecule has 1 aliphatic rings. The molecular formula is C10H14N2O2S. The highest BCUT2D eigenvalue weighted by Gasteiger charge is 2.23. The van der Waals surface area contributed by atoms with Crippen LogP contribution in [0.25, 0.3) is 0 Å². The van der Waals surface area contributed by atoms with Gasteiger partial charge in [0.15, 0.2) is 0 Å². The third-order valence-corrected chi connectivity index (χ3v) is 4.26. The number of pyridine rings is 1. The molecule has 1 unspecified atom stereocenters. The monoisotopic (exact) mass is 226 g/mol. The van der Waals surface area contributed by atoms with Crippen molar-refractivity contribution in [2.45, 2.75) is 23.1 Å². The van der Waals surface area contributed by atoms with E-state index < -0.39 is 10.8 Å². The Hall–Kier alpha value is -0.940. The Morgan fingerprint density at radius 2 is 2.20 bits per heavy atom. The van der Waals surface area contributed by atoms with E-state index in [1.807, 2.05) is 0 Å². The van der Waals surface area contributed by atoms with E-state index in [1.54, 1.807) is 18.3 Å². The van der Waals surface area contributed by atoms with E-state index in [2.05, 4.69) is 4.98 Å². The third kappa shape index (κ3) is 2.35. The Morgan fingerprint density at radius 1 is 1.47 bits per heavy atom. The molecule has 0 aliphatic carbocycles. The number of nitrogen functional groups attached to an aromatic ring is 1. The van der Waals surface area contributed by atoms with Crippen LogP contribution >= 0.6 is 0 Å². The first-order chi connectivity index (χ1) is 7.29. The first-order valence-corrected chi connectivity index (χ1v) is 6.19. The van der Waals surface area contributed by atoms with Crippen LogP contribution in [0.2, 0.25) is 0 Å². The van der Waals surface area contributed by atoms with Crippen molar-refractivity contribution in [3.63, 3.8) is 0 Å². The summed E-state index contributed by atoms with van der Waals surface area (Å²) in [7, 11) is -1.10. The van der Waals surface area contributed by atoms with Gasteiger partial charge < -0.3 is 10.5 Å². The SMILES string of the molecule is Nc1cccnc1S(=O)C1CCOCC1. The van der Waals surface area contributed by atoms with E-state index in [9.17, 15) is 4.21 Å². The van der Waals surface area contributed by atoms with Crippen LogP contribution in [-0.4, -0.2) is 27.7 Å². The van der Waals surface area contributed by atoms with Gasteiger partial charge in [-0.1, -0.05) is 0 Å². The van der Waals surface area contributed by atoms with E-state index in [0.717, 1.165) is 12.8 Å². The second-order valence-corrected chi connectivity index (χ2v) is 5.16. The third-order valence-electron chi connectivity index (χ3n) is 2.46. The number of aromatic nitrogens is 1. The van der Waals surface area contributed by atoms with E-state index in [0.29, 0.717) is 23.9 Å². The summed E-state index contributed by atoms with van der Waals surface area (Å²) in [5, 5.41) is 0.653. The Morgan fingerprint density at radius 3 is 2.87 bits per heavy atom. The lowest BCUT2D eigenvalue weighted by atomic mass is 10.2. The van der Waals surface area contributed by atoms with Gasteiger partial charge in [0.2, 0.25) is 0 Å². The van der Waals surface area contributed by atoms with E-state index in [4.69, 9.17) is 10.5 Å². The van der Waals surface area contributed by atoms with Crippen molar-refractivity contribution in [2.75, 3.05) is 18.9 Å². The summed E-state index contributed by atoms with van der Waals surface area (Å²) < 4.78 is 17.4. The molecule has 82 valence electrons. The van der Waals surface area contributed by atoms with Gasteiger partial charge in [-0.15, -0.1) is 0 Å². The van der Waals surface area contributed by atoms with Gasteiger partial charge in [0.1, 0.15) is 5.03 Å². The molecule has 0 spiro atoms. The highest BCUT2D eigenvalue weighted by atomic mass is 32.2. The van der Waals surface area contributed by atoms with Crippen molar-refractivity contribution in [3.8, 4) is 0 Å². The molecule has 1 aliphatic heterocycles. The van der Waals surface area contributed by atoms with Gasteiger partial charge >= 0.3 is 0 Å². The number of ether oxygens (including phenoxy) is 1. The fraction of sp³-hybridized carbons (Fsp3) is 0.500. The number of nitrogens with two attached hydrogens (primary N) is 1. The second kappa shape index (κ2) is 4.72. The molecule has 15 heavy (non-hydrogen) atoms. The normalized spacial score (nSPS) is 20.0. The van der Waals surface area contributed by atoms with Crippen LogP contribution in [0.1, 0.15) is 12.8 Å². The molecule has 2 rings (SSSR count). The molecule has 5 heteroatoms. The number of hydrogen-bond donors (Lipinski definition) is 1. The Kier molecular flexibility index (Phi) is 3.33. The van der Waals surface area contributed by atoms with Crippen LogP contribution < -0.4 is 5.73 Å². The van der Waals surface area contributed by atoms with Crippen molar-refractivity contribution >= 4 is 16.5 Å².